The second-order valence-corrected chi connectivity index (χ2v) is 16.4. The Labute approximate surface area is 261 Å². The molecule has 2 heterocycles. The van der Waals surface area contributed by atoms with Crippen molar-refractivity contribution in [1.82, 2.24) is 10.2 Å². The third kappa shape index (κ3) is 5.66. The van der Waals surface area contributed by atoms with Crippen molar-refractivity contribution in [2.24, 2.45) is 34.5 Å². The monoisotopic (exact) mass is 600 g/mol. The maximum absolute atomic E-state index is 13.1. The first kappa shape index (κ1) is 31.6. The van der Waals surface area contributed by atoms with Crippen LogP contribution in [0.2, 0.25) is 0 Å². The molecule has 0 radical (unpaired) electrons. The molecule has 4 saturated carbocycles. The van der Waals surface area contributed by atoms with Crippen molar-refractivity contribution < 1.29 is 23.5 Å². The lowest BCUT2D eigenvalue weighted by Crippen LogP contribution is -2.61. The zero-order valence-electron chi connectivity index (χ0n) is 28.1. The highest BCUT2D eigenvalue weighted by Crippen LogP contribution is 2.67. The quantitative estimate of drug-likeness (QED) is 0.277. The maximum atomic E-state index is 13.1. The fraction of sp³-hybridized carbons (Fsp3) is 0.944. The number of rotatable bonds is 6. The van der Waals surface area contributed by atoms with Crippen LogP contribution in [0.1, 0.15) is 117 Å². The summed E-state index contributed by atoms with van der Waals surface area (Å²) in [5, 5.41) is 2.73. The lowest BCUT2D eigenvalue weighted by atomic mass is 9.44. The largest absolute Gasteiger partial charge is 0.455 e. The fourth-order valence-electron chi connectivity index (χ4n) is 11.9. The Morgan fingerprint density at radius 2 is 1.63 bits per heavy atom. The third-order valence-corrected chi connectivity index (χ3v) is 14.3. The average Bonchev–Trinajstić information content (AvgIpc) is 3.30. The number of hydrogen-bond acceptors (Lipinski definition) is 5. The normalized spacial score (nSPS) is 44.4. The molecule has 0 spiro atoms. The first-order chi connectivity index (χ1) is 20.6. The molecule has 6 fully saturated rings. The highest BCUT2D eigenvalue weighted by atomic mass is 16.6. The van der Waals surface area contributed by atoms with Crippen LogP contribution in [0.25, 0.3) is 0 Å². The first-order valence-corrected chi connectivity index (χ1v) is 18.3. The molecule has 7 heteroatoms. The highest BCUT2D eigenvalue weighted by Gasteiger charge is 2.67. The molecular formula is C36H62N3O4+. The number of carbonyl (C=O) groups is 2. The lowest BCUT2D eigenvalue weighted by Gasteiger charge is -2.62. The zero-order valence-corrected chi connectivity index (χ0v) is 28.1. The first-order valence-electron chi connectivity index (χ1n) is 18.3. The number of ether oxygens (including phenoxy) is 2. The van der Waals surface area contributed by atoms with E-state index in [2.05, 4.69) is 38.0 Å². The van der Waals surface area contributed by atoms with Gasteiger partial charge < -0.3 is 19.3 Å². The second-order valence-electron chi connectivity index (χ2n) is 16.4. The van der Waals surface area contributed by atoms with E-state index in [1.54, 1.807) is 7.05 Å². The van der Waals surface area contributed by atoms with Gasteiger partial charge in [-0.25, -0.2) is 4.79 Å². The summed E-state index contributed by atoms with van der Waals surface area (Å²) >= 11 is 0. The van der Waals surface area contributed by atoms with Gasteiger partial charge in [-0.2, -0.15) is 0 Å². The number of quaternary nitrogens is 1. The number of alkyl carbamates (subject to hydrolysis) is 1. The van der Waals surface area contributed by atoms with Crippen LogP contribution in [-0.4, -0.2) is 86.0 Å². The standard InChI is InChI=1S/C36H61N3O4/c1-6-13-32(40)43-33-30(39(5)20-11-8-12-21-39)23-28-26-15-14-25-22-31(42-34(41)37-4)29(38-18-9-7-10-19-38)24-36(25,3)27(26)16-17-35(28,33)2/h25-31,33H,6-24H2,1-5H3/p+1/t25-,26?,27?,28?,29?,30?,31-,33-,35-,36-/m0/s1. The van der Waals surface area contributed by atoms with Gasteiger partial charge in [-0.15, -0.1) is 0 Å². The van der Waals surface area contributed by atoms with Crippen molar-refractivity contribution in [3.63, 3.8) is 0 Å². The molecule has 7 nitrogen and oxygen atoms in total. The van der Waals surface area contributed by atoms with Crippen LogP contribution in [-0.2, 0) is 14.3 Å². The summed E-state index contributed by atoms with van der Waals surface area (Å²) in [6, 6.07) is 0.751. The Morgan fingerprint density at radius 1 is 0.907 bits per heavy atom. The van der Waals surface area contributed by atoms with Crippen LogP contribution in [0.15, 0.2) is 0 Å². The van der Waals surface area contributed by atoms with E-state index in [-0.39, 0.29) is 35.1 Å². The second kappa shape index (κ2) is 12.5. The van der Waals surface area contributed by atoms with E-state index in [1.165, 1.54) is 83.7 Å². The van der Waals surface area contributed by atoms with Gasteiger partial charge in [-0.05, 0) is 119 Å². The van der Waals surface area contributed by atoms with Crippen molar-refractivity contribution in [2.75, 3.05) is 40.3 Å². The highest BCUT2D eigenvalue weighted by molar-refractivity contribution is 5.69. The van der Waals surface area contributed by atoms with E-state index in [0.29, 0.717) is 42.2 Å². The number of fused-ring (bicyclic) bond motifs is 5. The number of likely N-dealkylation sites (N-methyl/N-ethyl adjacent to an activating group) is 1. The molecule has 43 heavy (non-hydrogen) atoms. The number of likely N-dealkylation sites (tertiary alicyclic amines) is 2. The molecule has 5 unspecified atom stereocenters. The van der Waals surface area contributed by atoms with E-state index in [4.69, 9.17) is 9.47 Å². The summed E-state index contributed by atoms with van der Waals surface area (Å²) in [5.74, 6) is 2.66. The molecule has 10 atom stereocenters. The van der Waals surface area contributed by atoms with Crippen molar-refractivity contribution in [2.45, 2.75) is 141 Å². The lowest BCUT2D eigenvalue weighted by molar-refractivity contribution is -0.940. The van der Waals surface area contributed by atoms with Gasteiger partial charge in [0.1, 0.15) is 12.1 Å². The fourth-order valence-corrected chi connectivity index (χ4v) is 11.9. The summed E-state index contributed by atoms with van der Waals surface area (Å²) in [7, 11) is 4.17. The molecule has 0 aromatic rings. The molecule has 1 N–H and O–H groups in total. The molecule has 1 amide bonds. The summed E-state index contributed by atoms with van der Waals surface area (Å²) < 4.78 is 13.9. The van der Waals surface area contributed by atoms with Crippen molar-refractivity contribution in [3.05, 3.63) is 0 Å². The van der Waals surface area contributed by atoms with Crippen molar-refractivity contribution in [1.29, 1.82) is 0 Å². The molecule has 4 aliphatic carbocycles. The van der Waals surface area contributed by atoms with E-state index in [1.807, 2.05) is 0 Å². The molecule has 6 aliphatic rings. The van der Waals surface area contributed by atoms with Crippen molar-refractivity contribution >= 4 is 12.1 Å². The Hall–Kier alpha value is -1.34. The number of amides is 1. The van der Waals surface area contributed by atoms with Gasteiger partial charge in [-0.3, -0.25) is 9.69 Å². The van der Waals surface area contributed by atoms with E-state index >= 15 is 0 Å². The van der Waals surface area contributed by atoms with E-state index in [9.17, 15) is 9.59 Å². The number of nitrogens with one attached hydrogen (secondary N) is 1. The van der Waals surface area contributed by atoms with Gasteiger partial charge in [-0.1, -0.05) is 27.2 Å². The maximum Gasteiger partial charge on any atom is 0.407 e. The molecule has 2 aliphatic heterocycles. The molecule has 0 bridgehead atoms. The summed E-state index contributed by atoms with van der Waals surface area (Å²) in [6.07, 6.45) is 17.2. The number of nitrogens with zero attached hydrogens (tertiary/aromatic N) is 2. The molecule has 6 rings (SSSR count). The smallest absolute Gasteiger partial charge is 0.407 e. The minimum atomic E-state index is -0.271. The number of hydrogen-bond donors (Lipinski definition) is 1. The van der Waals surface area contributed by atoms with Crippen LogP contribution in [0.5, 0.6) is 0 Å². The third-order valence-electron chi connectivity index (χ3n) is 14.3. The molecule has 0 aromatic heterocycles. The predicted octanol–water partition coefficient (Wildman–Crippen LogP) is 6.54. The minimum absolute atomic E-state index is 0.0108. The summed E-state index contributed by atoms with van der Waals surface area (Å²) in [6.45, 7) is 12.0. The molecule has 0 aromatic carbocycles. The SMILES string of the molecule is CCCC(=O)O[C@H]1C([N+]2(C)CCCCC2)CC2C3CC[C@H]4C[C@H](OC(=O)NC)C(N5CCCCC5)C[C@]4(C)C3CC[C@@]21C. The Balaban J connectivity index is 1.28. The Morgan fingerprint density at radius 3 is 2.33 bits per heavy atom. The van der Waals surface area contributed by atoms with Crippen LogP contribution in [0.3, 0.4) is 0 Å². The zero-order chi connectivity index (χ0) is 30.4. The van der Waals surface area contributed by atoms with Crippen molar-refractivity contribution in [3.8, 4) is 0 Å². The van der Waals surface area contributed by atoms with Crippen LogP contribution in [0, 0.1) is 34.5 Å². The Kier molecular flexibility index (Phi) is 9.16. The number of piperidine rings is 2. The predicted molar refractivity (Wildman–Crippen MR) is 169 cm³/mol. The molecule has 244 valence electrons. The van der Waals surface area contributed by atoms with Gasteiger partial charge in [0, 0.05) is 31.3 Å². The van der Waals surface area contributed by atoms with Gasteiger partial charge in [0.2, 0.25) is 0 Å². The summed E-state index contributed by atoms with van der Waals surface area (Å²) in [4.78, 5) is 28.3. The van der Waals surface area contributed by atoms with Gasteiger partial charge >= 0.3 is 12.1 Å². The molecule has 2 saturated heterocycles. The van der Waals surface area contributed by atoms with Crippen LogP contribution in [0.4, 0.5) is 4.79 Å². The van der Waals surface area contributed by atoms with Crippen LogP contribution >= 0.6 is 0 Å². The molecular weight excluding hydrogens is 538 g/mol. The number of carbonyl (C=O) groups excluding carboxylic acids is 2. The van der Waals surface area contributed by atoms with Gasteiger partial charge in [0.15, 0.2) is 6.10 Å². The summed E-state index contributed by atoms with van der Waals surface area (Å²) in [5.41, 5.74) is 0.341. The number of esters is 1. The Bertz CT molecular complexity index is 1010. The van der Waals surface area contributed by atoms with Gasteiger partial charge in [0.05, 0.1) is 20.1 Å². The van der Waals surface area contributed by atoms with Crippen LogP contribution < -0.4 is 5.32 Å². The van der Waals surface area contributed by atoms with Gasteiger partial charge in [0.25, 0.3) is 0 Å². The van der Waals surface area contributed by atoms with E-state index < -0.39 is 0 Å². The average molecular weight is 601 g/mol. The van der Waals surface area contributed by atoms with E-state index in [0.717, 1.165) is 36.8 Å². The minimum Gasteiger partial charge on any atom is -0.455 e. The topological polar surface area (TPSA) is 67.9 Å².